The molecular formula is C15H12ClN3O3S2. The molecule has 2 aromatic carbocycles. The molecule has 24 heavy (non-hydrogen) atoms. The molecule has 3 rings (SSSR count). The predicted octanol–water partition coefficient (Wildman–Crippen LogP) is 2.75. The van der Waals surface area contributed by atoms with Crippen molar-refractivity contribution in [3.8, 4) is 0 Å². The Balaban J connectivity index is 1.93. The average molecular weight is 382 g/mol. The van der Waals surface area contributed by atoms with E-state index < -0.39 is 10.0 Å². The lowest BCUT2D eigenvalue weighted by Crippen LogP contribution is -2.28. The number of amidine groups is 1. The molecule has 1 heterocycles. The zero-order chi connectivity index (χ0) is 17.3. The van der Waals surface area contributed by atoms with Gasteiger partial charge < -0.3 is 0 Å². The van der Waals surface area contributed by atoms with Gasteiger partial charge in [0.25, 0.3) is 0 Å². The van der Waals surface area contributed by atoms with Gasteiger partial charge in [0, 0.05) is 5.02 Å². The van der Waals surface area contributed by atoms with E-state index in [9.17, 15) is 13.2 Å². The van der Waals surface area contributed by atoms with Crippen LogP contribution in [0.15, 0.2) is 58.4 Å². The average Bonchev–Trinajstić information content (AvgIpc) is 2.89. The van der Waals surface area contributed by atoms with Crippen LogP contribution in [0.2, 0.25) is 5.02 Å². The van der Waals surface area contributed by atoms with Gasteiger partial charge in [-0.05, 0) is 48.5 Å². The standard InChI is InChI=1S/C15H12ClN3O3S2/c16-10-1-5-12(6-2-10)19-14(20)9-23-15(19)18-11-3-7-13(8-4-11)24(17,21)22/h1-8H,9H2,(H2,17,21,22). The van der Waals surface area contributed by atoms with Gasteiger partial charge in [-0.25, -0.2) is 18.5 Å². The van der Waals surface area contributed by atoms with Crippen LogP contribution in [0.5, 0.6) is 0 Å². The van der Waals surface area contributed by atoms with E-state index >= 15 is 0 Å². The normalized spacial score (nSPS) is 16.8. The fourth-order valence-corrected chi connectivity index (χ4v) is 3.64. The van der Waals surface area contributed by atoms with E-state index in [1.54, 1.807) is 24.3 Å². The molecule has 0 saturated carbocycles. The Labute approximate surface area is 148 Å². The van der Waals surface area contributed by atoms with Crippen LogP contribution >= 0.6 is 23.4 Å². The molecule has 0 spiro atoms. The molecule has 1 saturated heterocycles. The number of halogens is 1. The van der Waals surface area contributed by atoms with Gasteiger partial charge in [-0.2, -0.15) is 0 Å². The van der Waals surface area contributed by atoms with E-state index in [0.29, 0.717) is 21.6 Å². The minimum Gasteiger partial charge on any atom is -0.273 e. The number of aliphatic imine (C=N–C) groups is 1. The Morgan fingerprint density at radius 2 is 1.71 bits per heavy atom. The van der Waals surface area contributed by atoms with E-state index in [1.165, 1.54) is 40.9 Å². The van der Waals surface area contributed by atoms with Crippen LogP contribution in [-0.2, 0) is 14.8 Å². The van der Waals surface area contributed by atoms with Crippen molar-refractivity contribution >= 4 is 55.8 Å². The summed E-state index contributed by atoms with van der Waals surface area (Å²) in [6, 6.07) is 12.7. The minimum absolute atomic E-state index is 0.0103. The second-order valence-corrected chi connectivity index (χ2v) is 7.87. The maximum Gasteiger partial charge on any atom is 0.243 e. The van der Waals surface area contributed by atoms with Crippen LogP contribution in [0.3, 0.4) is 0 Å². The van der Waals surface area contributed by atoms with E-state index in [-0.39, 0.29) is 16.6 Å². The molecule has 1 amide bonds. The van der Waals surface area contributed by atoms with Crippen LogP contribution in [0.4, 0.5) is 11.4 Å². The fourth-order valence-electron chi connectivity index (χ4n) is 2.11. The van der Waals surface area contributed by atoms with E-state index in [2.05, 4.69) is 4.99 Å². The summed E-state index contributed by atoms with van der Waals surface area (Å²) in [5.41, 5.74) is 1.20. The highest BCUT2D eigenvalue weighted by molar-refractivity contribution is 8.15. The number of primary sulfonamides is 1. The van der Waals surface area contributed by atoms with Crippen molar-refractivity contribution in [1.82, 2.24) is 0 Å². The summed E-state index contributed by atoms with van der Waals surface area (Å²) in [7, 11) is -3.74. The van der Waals surface area contributed by atoms with Gasteiger partial charge in [0.1, 0.15) is 0 Å². The van der Waals surface area contributed by atoms with Crippen molar-refractivity contribution in [2.45, 2.75) is 4.90 Å². The molecule has 2 aromatic rings. The molecule has 0 aromatic heterocycles. The number of nitrogens with two attached hydrogens (primary N) is 1. The van der Waals surface area contributed by atoms with E-state index in [4.69, 9.17) is 16.7 Å². The highest BCUT2D eigenvalue weighted by atomic mass is 35.5. The van der Waals surface area contributed by atoms with Crippen LogP contribution < -0.4 is 10.0 Å². The number of thioether (sulfide) groups is 1. The third kappa shape index (κ3) is 3.62. The van der Waals surface area contributed by atoms with Crippen molar-refractivity contribution in [3.63, 3.8) is 0 Å². The van der Waals surface area contributed by atoms with Gasteiger partial charge in [-0.3, -0.25) is 9.69 Å². The number of sulfonamides is 1. The molecule has 0 bridgehead atoms. The van der Waals surface area contributed by atoms with Gasteiger partial charge in [-0.1, -0.05) is 23.4 Å². The summed E-state index contributed by atoms with van der Waals surface area (Å²) in [5.74, 6) is 0.207. The van der Waals surface area contributed by atoms with Crippen LogP contribution in [0.1, 0.15) is 0 Å². The molecule has 124 valence electrons. The van der Waals surface area contributed by atoms with Gasteiger partial charge in [0.2, 0.25) is 15.9 Å². The molecule has 0 atom stereocenters. The van der Waals surface area contributed by atoms with E-state index in [1.807, 2.05) is 0 Å². The third-order valence-corrected chi connectivity index (χ3v) is 5.34. The van der Waals surface area contributed by atoms with Crippen molar-refractivity contribution in [2.75, 3.05) is 10.7 Å². The number of anilines is 1. The van der Waals surface area contributed by atoms with Gasteiger partial charge >= 0.3 is 0 Å². The second-order valence-electron chi connectivity index (χ2n) is 4.93. The molecule has 1 aliphatic rings. The first-order chi connectivity index (χ1) is 11.3. The molecule has 6 nitrogen and oxygen atoms in total. The van der Waals surface area contributed by atoms with Gasteiger partial charge in [-0.15, -0.1) is 0 Å². The summed E-state index contributed by atoms with van der Waals surface area (Å²) < 4.78 is 22.5. The number of amides is 1. The Hall–Kier alpha value is -1.87. The molecule has 0 radical (unpaired) electrons. The lowest BCUT2D eigenvalue weighted by atomic mass is 10.3. The monoisotopic (exact) mass is 381 g/mol. The lowest BCUT2D eigenvalue weighted by molar-refractivity contribution is -0.115. The SMILES string of the molecule is NS(=O)(=O)c1ccc(N=C2SCC(=O)N2c2ccc(Cl)cc2)cc1. The number of nitrogens with zero attached hydrogens (tertiary/aromatic N) is 2. The number of hydrogen-bond donors (Lipinski definition) is 1. The first-order valence-corrected chi connectivity index (χ1v) is 9.68. The molecule has 0 aliphatic carbocycles. The molecule has 1 fully saturated rings. The maximum atomic E-state index is 12.1. The molecule has 0 unspecified atom stereocenters. The number of hydrogen-bond acceptors (Lipinski definition) is 5. The van der Waals surface area contributed by atoms with Gasteiger partial charge in [0.05, 0.1) is 22.0 Å². The lowest BCUT2D eigenvalue weighted by Gasteiger charge is -2.16. The summed E-state index contributed by atoms with van der Waals surface area (Å²) in [5, 5.41) is 6.17. The largest absolute Gasteiger partial charge is 0.273 e. The van der Waals surface area contributed by atoms with Crippen molar-refractivity contribution in [3.05, 3.63) is 53.6 Å². The summed E-state index contributed by atoms with van der Waals surface area (Å²) in [4.78, 5) is 18.1. The maximum absolute atomic E-state index is 12.1. The smallest absolute Gasteiger partial charge is 0.243 e. The third-order valence-electron chi connectivity index (χ3n) is 3.24. The van der Waals surface area contributed by atoms with Crippen LogP contribution in [0.25, 0.3) is 0 Å². The predicted molar refractivity (Wildman–Crippen MR) is 96.3 cm³/mol. The molecule has 9 heteroatoms. The highest BCUT2D eigenvalue weighted by Crippen LogP contribution is 2.30. The minimum atomic E-state index is -3.74. The molecule has 2 N–H and O–H groups in total. The van der Waals surface area contributed by atoms with Crippen molar-refractivity contribution in [1.29, 1.82) is 0 Å². The van der Waals surface area contributed by atoms with Crippen molar-refractivity contribution < 1.29 is 13.2 Å². The van der Waals surface area contributed by atoms with Gasteiger partial charge in [0.15, 0.2) is 5.17 Å². The number of carbonyl (C=O) groups excluding carboxylic acids is 1. The molecular weight excluding hydrogens is 370 g/mol. The topological polar surface area (TPSA) is 92.8 Å². The van der Waals surface area contributed by atoms with Crippen LogP contribution in [-0.4, -0.2) is 25.2 Å². The number of benzene rings is 2. The Bertz CT molecular complexity index is 910. The number of rotatable bonds is 3. The highest BCUT2D eigenvalue weighted by Gasteiger charge is 2.29. The van der Waals surface area contributed by atoms with Crippen molar-refractivity contribution in [2.24, 2.45) is 10.1 Å². The Morgan fingerprint density at radius 1 is 1.08 bits per heavy atom. The zero-order valence-corrected chi connectivity index (χ0v) is 14.6. The second kappa shape index (κ2) is 6.56. The zero-order valence-electron chi connectivity index (χ0n) is 12.2. The van der Waals surface area contributed by atoms with E-state index in [0.717, 1.165) is 0 Å². The Kier molecular flexibility index (Phi) is 4.64. The first kappa shape index (κ1) is 17.0. The first-order valence-electron chi connectivity index (χ1n) is 6.77. The summed E-state index contributed by atoms with van der Waals surface area (Å²) >= 11 is 7.19. The summed E-state index contributed by atoms with van der Waals surface area (Å²) in [6.07, 6.45) is 0. The number of carbonyl (C=O) groups is 1. The van der Waals surface area contributed by atoms with Crippen LogP contribution in [0, 0.1) is 0 Å². The quantitative estimate of drug-likeness (QED) is 0.884. The fraction of sp³-hybridized carbons (Fsp3) is 0.0667. The summed E-state index contributed by atoms with van der Waals surface area (Å²) in [6.45, 7) is 0. The molecule has 1 aliphatic heterocycles. The Morgan fingerprint density at radius 3 is 2.29 bits per heavy atom.